The molecule has 29 heavy (non-hydrogen) atoms. The number of amides is 2. The summed E-state index contributed by atoms with van der Waals surface area (Å²) >= 11 is 1.18. The van der Waals surface area contributed by atoms with Gasteiger partial charge in [-0.15, -0.1) is 11.3 Å². The van der Waals surface area contributed by atoms with Crippen molar-refractivity contribution in [2.75, 3.05) is 10.6 Å². The Kier molecular flexibility index (Phi) is 4.83. The molecule has 0 aliphatic carbocycles. The SMILES string of the molecule is O=C1CCc2cc(-c3csc(NC(=O)c4cccc(C(F)(F)F)c4)n3)ccc2N1. The second-order valence-electron chi connectivity index (χ2n) is 6.49. The van der Waals surface area contributed by atoms with Gasteiger partial charge < -0.3 is 5.32 Å². The molecule has 2 aromatic carbocycles. The lowest BCUT2D eigenvalue weighted by Crippen LogP contribution is -2.18. The summed E-state index contributed by atoms with van der Waals surface area (Å²) < 4.78 is 38.5. The van der Waals surface area contributed by atoms with E-state index in [0.29, 0.717) is 18.5 Å². The van der Waals surface area contributed by atoms with Crippen LogP contribution in [0.1, 0.15) is 27.9 Å². The summed E-state index contributed by atoms with van der Waals surface area (Å²) in [6, 6.07) is 9.79. The van der Waals surface area contributed by atoms with E-state index in [1.54, 1.807) is 5.38 Å². The van der Waals surface area contributed by atoms with Crippen molar-refractivity contribution in [1.29, 1.82) is 0 Å². The highest BCUT2D eigenvalue weighted by molar-refractivity contribution is 7.14. The van der Waals surface area contributed by atoms with Crippen molar-refractivity contribution in [3.63, 3.8) is 0 Å². The maximum atomic E-state index is 12.8. The van der Waals surface area contributed by atoms with Crippen molar-refractivity contribution in [2.24, 2.45) is 0 Å². The van der Waals surface area contributed by atoms with Gasteiger partial charge in [-0.05, 0) is 42.3 Å². The van der Waals surface area contributed by atoms with Crippen LogP contribution in [-0.2, 0) is 17.4 Å². The molecule has 2 amide bonds. The summed E-state index contributed by atoms with van der Waals surface area (Å²) in [5, 5.41) is 7.39. The fraction of sp³-hybridized carbons (Fsp3) is 0.150. The highest BCUT2D eigenvalue weighted by atomic mass is 32.1. The number of aryl methyl sites for hydroxylation is 1. The van der Waals surface area contributed by atoms with Crippen LogP contribution in [0.25, 0.3) is 11.3 Å². The molecule has 0 unspecified atom stereocenters. The quantitative estimate of drug-likeness (QED) is 0.632. The molecule has 4 rings (SSSR count). The summed E-state index contributed by atoms with van der Waals surface area (Å²) in [6.07, 6.45) is -3.46. The number of hydrogen-bond acceptors (Lipinski definition) is 4. The lowest BCUT2D eigenvalue weighted by molar-refractivity contribution is -0.137. The van der Waals surface area contributed by atoms with Gasteiger partial charge in [0.05, 0.1) is 11.3 Å². The van der Waals surface area contributed by atoms with Crippen LogP contribution in [0.2, 0.25) is 0 Å². The maximum absolute atomic E-state index is 12.8. The third-order valence-electron chi connectivity index (χ3n) is 4.47. The molecule has 9 heteroatoms. The van der Waals surface area contributed by atoms with E-state index in [0.717, 1.165) is 28.9 Å². The molecule has 2 heterocycles. The average Bonchev–Trinajstić information content (AvgIpc) is 3.15. The molecule has 0 spiro atoms. The van der Waals surface area contributed by atoms with E-state index in [2.05, 4.69) is 15.6 Å². The fourth-order valence-corrected chi connectivity index (χ4v) is 3.73. The first-order valence-electron chi connectivity index (χ1n) is 8.67. The molecule has 0 atom stereocenters. The largest absolute Gasteiger partial charge is 0.416 e. The fourth-order valence-electron chi connectivity index (χ4n) is 3.01. The van der Waals surface area contributed by atoms with Gasteiger partial charge in [-0.1, -0.05) is 12.1 Å². The van der Waals surface area contributed by atoms with Crippen molar-refractivity contribution in [1.82, 2.24) is 4.98 Å². The Labute approximate surface area is 167 Å². The summed E-state index contributed by atoms with van der Waals surface area (Å²) in [5.41, 5.74) is 2.26. The van der Waals surface area contributed by atoms with Gasteiger partial charge >= 0.3 is 6.18 Å². The Balaban J connectivity index is 1.51. The number of halogens is 3. The van der Waals surface area contributed by atoms with E-state index in [4.69, 9.17) is 0 Å². The molecule has 0 saturated heterocycles. The van der Waals surface area contributed by atoms with Crippen LogP contribution >= 0.6 is 11.3 Å². The zero-order valence-corrected chi connectivity index (χ0v) is 15.7. The normalized spacial score (nSPS) is 13.6. The third-order valence-corrected chi connectivity index (χ3v) is 5.23. The van der Waals surface area contributed by atoms with E-state index < -0.39 is 17.6 Å². The van der Waals surface area contributed by atoms with E-state index in [9.17, 15) is 22.8 Å². The molecule has 2 N–H and O–H groups in total. The van der Waals surface area contributed by atoms with Crippen LogP contribution in [0.5, 0.6) is 0 Å². The van der Waals surface area contributed by atoms with Gasteiger partial charge in [-0.3, -0.25) is 14.9 Å². The number of alkyl halides is 3. The Morgan fingerprint density at radius 2 is 1.97 bits per heavy atom. The van der Waals surface area contributed by atoms with Crippen LogP contribution in [0, 0.1) is 0 Å². The predicted molar refractivity (Wildman–Crippen MR) is 104 cm³/mol. The molecule has 3 aromatic rings. The van der Waals surface area contributed by atoms with Gasteiger partial charge in [-0.25, -0.2) is 4.98 Å². The molecule has 0 radical (unpaired) electrons. The number of nitrogens with one attached hydrogen (secondary N) is 2. The van der Waals surface area contributed by atoms with Gasteiger partial charge in [0.25, 0.3) is 5.91 Å². The van der Waals surface area contributed by atoms with E-state index in [-0.39, 0.29) is 16.6 Å². The van der Waals surface area contributed by atoms with Crippen molar-refractivity contribution < 1.29 is 22.8 Å². The van der Waals surface area contributed by atoms with Crippen LogP contribution in [0.15, 0.2) is 47.8 Å². The molecule has 0 saturated carbocycles. The van der Waals surface area contributed by atoms with Crippen LogP contribution in [-0.4, -0.2) is 16.8 Å². The van der Waals surface area contributed by atoms with Crippen molar-refractivity contribution in [3.05, 3.63) is 64.5 Å². The Bertz CT molecular complexity index is 1110. The first kappa shape index (κ1) is 19.1. The lowest BCUT2D eigenvalue weighted by Gasteiger charge is -2.17. The summed E-state index contributed by atoms with van der Waals surface area (Å²) in [6.45, 7) is 0. The van der Waals surface area contributed by atoms with E-state index in [1.807, 2.05) is 18.2 Å². The van der Waals surface area contributed by atoms with Crippen molar-refractivity contribution in [3.8, 4) is 11.3 Å². The summed E-state index contributed by atoms with van der Waals surface area (Å²) in [7, 11) is 0. The number of hydrogen-bond donors (Lipinski definition) is 2. The zero-order chi connectivity index (χ0) is 20.6. The highest BCUT2D eigenvalue weighted by Crippen LogP contribution is 2.32. The Morgan fingerprint density at radius 1 is 1.14 bits per heavy atom. The number of aromatic nitrogens is 1. The maximum Gasteiger partial charge on any atom is 0.416 e. The van der Waals surface area contributed by atoms with Gasteiger partial charge in [0.15, 0.2) is 5.13 Å². The molecule has 0 fully saturated rings. The van der Waals surface area contributed by atoms with E-state index >= 15 is 0 Å². The number of anilines is 2. The first-order chi connectivity index (χ1) is 13.8. The molecule has 148 valence electrons. The minimum absolute atomic E-state index is 0.0153. The van der Waals surface area contributed by atoms with Gasteiger partial charge in [-0.2, -0.15) is 13.2 Å². The summed E-state index contributed by atoms with van der Waals surface area (Å²) in [5.74, 6) is -0.677. The van der Waals surface area contributed by atoms with Gasteiger partial charge in [0.2, 0.25) is 5.91 Å². The number of fused-ring (bicyclic) bond motifs is 1. The van der Waals surface area contributed by atoms with Gasteiger partial charge in [0, 0.05) is 28.6 Å². The lowest BCUT2D eigenvalue weighted by atomic mass is 9.99. The molecule has 1 aliphatic heterocycles. The monoisotopic (exact) mass is 417 g/mol. The first-order valence-corrected chi connectivity index (χ1v) is 9.55. The van der Waals surface area contributed by atoms with Crippen LogP contribution in [0.3, 0.4) is 0 Å². The van der Waals surface area contributed by atoms with Crippen molar-refractivity contribution >= 4 is 34.0 Å². The Morgan fingerprint density at radius 3 is 2.76 bits per heavy atom. The third kappa shape index (κ3) is 4.14. The standard InChI is InChI=1S/C20H14F3N3O2S/c21-20(22,23)14-3-1-2-13(9-14)18(28)26-19-25-16(10-29-19)12-4-6-15-11(8-12)5-7-17(27)24-15/h1-4,6,8-10H,5,7H2,(H,24,27)(H,25,26,28). The number of benzene rings is 2. The summed E-state index contributed by atoms with van der Waals surface area (Å²) in [4.78, 5) is 28.1. The molecule has 1 aliphatic rings. The smallest absolute Gasteiger partial charge is 0.326 e. The Hall–Kier alpha value is -3.20. The minimum Gasteiger partial charge on any atom is -0.326 e. The molecular weight excluding hydrogens is 403 g/mol. The number of nitrogens with zero attached hydrogens (tertiary/aromatic N) is 1. The molecular formula is C20H14F3N3O2S. The van der Waals surface area contributed by atoms with Crippen LogP contribution in [0.4, 0.5) is 24.0 Å². The second-order valence-corrected chi connectivity index (χ2v) is 7.35. The molecule has 0 bridgehead atoms. The number of thiazole rings is 1. The average molecular weight is 417 g/mol. The minimum atomic E-state index is -4.52. The predicted octanol–water partition coefficient (Wildman–Crippen LogP) is 4.97. The number of carbonyl (C=O) groups excluding carboxylic acids is 2. The highest BCUT2D eigenvalue weighted by Gasteiger charge is 2.31. The van der Waals surface area contributed by atoms with Gasteiger partial charge in [0.1, 0.15) is 0 Å². The topological polar surface area (TPSA) is 71.1 Å². The molecule has 5 nitrogen and oxygen atoms in total. The molecule has 1 aromatic heterocycles. The second kappa shape index (κ2) is 7.32. The van der Waals surface area contributed by atoms with Crippen LogP contribution < -0.4 is 10.6 Å². The number of carbonyl (C=O) groups is 2. The zero-order valence-electron chi connectivity index (χ0n) is 14.8. The van der Waals surface area contributed by atoms with Crippen molar-refractivity contribution in [2.45, 2.75) is 19.0 Å². The van der Waals surface area contributed by atoms with E-state index in [1.165, 1.54) is 23.5 Å². The number of rotatable bonds is 3.